The van der Waals surface area contributed by atoms with Crippen molar-refractivity contribution in [3.05, 3.63) is 17.9 Å². The minimum Gasteiger partial charge on any atom is -0.475 e. The van der Waals surface area contributed by atoms with E-state index in [-0.39, 0.29) is 11.7 Å². The van der Waals surface area contributed by atoms with E-state index in [1.807, 2.05) is 13.8 Å². The summed E-state index contributed by atoms with van der Waals surface area (Å²) in [5.41, 5.74) is 0. The van der Waals surface area contributed by atoms with Crippen LogP contribution >= 0.6 is 11.8 Å². The molecule has 0 bridgehead atoms. The van der Waals surface area contributed by atoms with Crippen LogP contribution in [-0.2, 0) is 4.79 Å². The quantitative estimate of drug-likeness (QED) is 0.587. The highest BCUT2D eigenvalue weighted by molar-refractivity contribution is 7.99. The average Bonchev–Trinajstić information content (AvgIpc) is 2.85. The predicted molar refractivity (Wildman–Crippen MR) is 73.6 cm³/mol. The van der Waals surface area contributed by atoms with Crippen molar-refractivity contribution in [3.63, 3.8) is 0 Å². The topological polar surface area (TPSA) is 70.8 Å². The van der Waals surface area contributed by atoms with Gasteiger partial charge in [-0.3, -0.25) is 4.79 Å². The number of amides is 1. The molecule has 0 aromatic carbocycles. The van der Waals surface area contributed by atoms with E-state index in [4.69, 9.17) is 9.52 Å². The molecule has 1 aromatic heterocycles. The van der Waals surface area contributed by atoms with Crippen molar-refractivity contribution >= 4 is 23.6 Å². The smallest absolute Gasteiger partial charge is 0.371 e. The molecular weight excluding hydrogens is 266 g/mol. The molecule has 0 aliphatic carbocycles. The number of carbonyl (C=O) groups excluding carboxylic acids is 1. The van der Waals surface area contributed by atoms with Gasteiger partial charge >= 0.3 is 5.97 Å². The molecule has 19 heavy (non-hydrogen) atoms. The lowest BCUT2D eigenvalue weighted by molar-refractivity contribution is -0.130. The Morgan fingerprint density at radius 1 is 1.32 bits per heavy atom. The lowest BCUT2D eigenvalue weighted by Crippen LogP contribution is -2.30. The molecule has 0 saturated carbocycles. The Labute approximate surface area is 117 Å². The zero-order valence-corrected chi connectivity index (χ0v) is 12.0. The maximum Gasteiger partial charge on any atom is 0.371 e. The van der Waals surface area contributed by atoms with Crippen LogP contribution in [0, 0.1) is 0 Å². The number of hydrogen-bond donors (Lipinski definition) is 1. The number of thioether (sulfide) groups is 1. The number of nitrogens with zero attached hydrogens (tertiary/aromatic N) is 1. The van der Waals surface area contributed by atoms with Crippen LogP contribution in [-0.4, -0.2) is 40.7 Å². The van der Waals surface area contributed by atoms with Gasteiger partial charge in [-0.2, -0.15) is 0 Å². The van der Waals surface area contributed by atoms with Crippen LogP contribution in [0.15, 0.2) is 21.6 Å². The lowest BCUT2D eigenvalue weighted by atomic mass is 10.3. The lowest BCUT2D eigenvalue weighted by Gasteiger charge is -2.18. The molecule has 6 heteroatoms. The first-order chi connectivity index (χ1) is 9.08. The summed E-state index contributed by atoms with van der Waals surface area (Å²) in [6, 6.07) is 3.08. The van der Waals surface area contributed by atoms with Gasteiger partial charge in [0.15, 0.2) is 5.09 Å². The molecule has 1 N–H and O–H groups in total. The van der Waals surface area contributed by atoms with Crippen molar-refractivity contribution in [1.82, 2.24) is 4.90 Å². The zero-order valence-electron chi connectivity index (χ0n) is 11.2. The van der Waals surface area contributed by atoms with Gasteiger partial charge in [-0.15, -0.1) is 0 Å². The SMILES string of the molecule is CCN(CC)C(=O)CCCSc1ccc(C(=O)O)o1. The van der Waals surface area contributed by atoms with Crippen molar-refractivity contribution in [1.29, 1.82) is 0 Å². The Hall–Kier alpha value is -1.43. The van der Waals surface area contributed by atoms with E-state index in [1.54, 1.807) is 11.0 Å². The molecule has 0 aliphatic heterocycles. The largest absolute Gasteiger partial charge is 0.475 e. The summed E-state index contributed by atoms with van der Waals surface area (Å²) in [5.74, 6) is -0.221. The summed E-state index contributed by atoms with van der Waals surface area (Å²) in [5, 5.41) is 9.28. The molecule has 0 radical (unpaired) electrons. The highest BCUT2D eigenvalue weighted by Gasteiger charge is 2.11. The van der Waals surface area contributed by atoms with Crippen LogP contribution < -0.4 is 0 Å². The molecule has 1 amide bonds. The number of furan rings is 1. The normalized spacial score (nSPS) is 10.4. The van der Waals surface area contributed by atoms with Gasteiger partial charge in [-0.25, -0.2) is 4.79 Å². The van der Waals surface area contributed by atoms with Crippen LogP contribution in [0.25, 0.3) is 0 Å². The molecular formula is C13H19NO4S. The monoisotopic (exact) mass is 285 g/mol. The first-order valence-electron chi connectivity index (χ1n) is 6.32. The van der Waals surface area contributed by atoms with Gasteiger partial charge in [0, 0.05) is 25.3 Å². The van der Waals surface area contributed by atoms with E-state index in [2.05, 4.69) is 0 Å². The minimum atomic E-state index is -1.07. The average molecular weight is 285 g/mol. The number of rotatable bonds is 8. The fourth-order valence-corrected chi connectivity index (χ4v) is 2.45. The second kappa shape index (κ2) is 7.89. The summed E-state index contributed by atoms with van der Waals surface area (Å²) >= 11 is 1.43. The maximum atomic E-state index is 11.7. The van der Waals surface area contributed by atoms with Gasteiger partial charge in [-0.05, 0) is 32.4 Å². The van der Waals surface area contributed by atoms with Crippen LogP contribution in [0.4, 0.5) is 0 Å². The second-order valence-electron chi connectivity index (χ2n) is 3.94. The number of aromatic carboxylic acids is 1. The van der Waals surface area contributed by atoms with Crippen LogP contribution in [0.1, 0.15) is 37.2 Å². The van der Waals surface area contributed by atoms with Gasteiger partial charge in [0.25, 0.3) is 0 Å². The molecule has 106 valence electrons. The second-order valence-corrected chi connectivity index (χ2v) is 5.04. The van der Waals surface area contributed by atoms with E-state index in [0.29, 0.717) is 11.5 Å². The highest BCUT2D eigenvalue weighted by Crippen LogP contribution is 2.22. The molecule has 5 nitrogen and oxygen atoms in total. The van der Waals surface area contributed by atoms with E-state index >= 15 is 0 Å². The van der Waals surface area contributed by atoms with E-state index in [0.717, 1.165) is 25.3 Å². The molecule has 0 saturated heterocycles. The minimum absolute atomic E-state index is 0.0540. The van der Waals surface area contributed by atoms with Crippen LogP contribution in [0.3, 0.4) is 0 Å². The fraction of sp³-hybridized carbons (Fsp3) is 0.538. The summed E-state index contributed by atoms with van der Waals surface area (Å²) in [6.45, 7) is 5.41. The first kappa shape index (κ1) is 15.6. The van der Waals surface area contributed by atoms with Crippen molar-refractivity contribution in [2.24, 2.45) is 0 Å². The Bertz CT molecular complexity index is 426. The van der Waals surface area contributed by atoms with Crippen molar-refractivity contribution in [2.75, 3.05) is 18.8 Å². The van der Waals surface area contributed by atoms with Gasteiger partial charge in [0.2, 0.25) is 11.7 Å². The van der Waals surface area contributed by atoms with Crippen LogP contribution in [0.2, 0.25) is 0 Å². The summed E-state index contributed by atoms with van der Waals surface area (Å²) in [4.78, 5) is 24.2. The molecule has 0 atom stereocenters. The predicted octanol–water partition coefficient (Wildman–Crippen LogP) is 2.72. The van der Waals surface area contributed by atoms with Crippen molar-refractivity contribution in [2.45, 2.75) is 31.8 Å². The molecule has 0 unspecified atom stereocenters. The Balaban J connectivity index is 2.27. The molecule has 1 rings (SSSR count). The summed E-state index contributed by atoms with van der Waals surface area (Å²) < 4.78 is 5.11. The fourth-order valence-electron chi connectivity index (χ4n) is 1.64. The molecule has 1 aromatic rings. The number of carboxylic acid groups (broad SMARTS) is 1. The first-order valence-corrected chi connectivity index (χ1v) is 7.30. The van der Waals surface area contributed by atoms with Crippen molar-refractivity contribution in [3.8, 4) is 0 Å². The van der Waals surface area contributed by atoms with Gasteiger partial charge < -0.3 is 14.4 Å². The van der Waals surface area contributed by atoms with Crippen molar-refractivity contribution < 1.29 is 19.1 Å². The Morgan fingerprint density at radius 2 is 2.00 bits per heavy atom. The summed E-state index contributed by atoms with van der Waals surface area (Å²) in [7, 11) is 0. The van der Waals surface area contributed by atoms with E-state index in [9.17, 15) is 9.59 Å². The third-order valence-electron chi connectivity index (χ3n) is 2.69. The van der Waals surface area contributed by atoms with Gasteiger partial charge in [-0.1, -0.05) is 11.8 Å². The van der Waals surface area contributed by atoms with E-state index < -0.39 is 5.97 Å². The van der Waals surface area contributed by atoms with Crippen LogP contribution in [0.5, 0.6) is 0 Å². The van der Waals surface area contributed by atoms with Gasteiger partial charge in [0.1, 0.15) is 0 Å². The summed E-state index contributed by atoms with van der Waals surface area (Å²) in [6.07, 6.45) is 1.27. The number of carbonyl (C=O) groups is 2. The maximum absolute atomic E-state index is 11.7. The third-order valence-corrected chi connectivity index (χ3v) is 3.68. The third kappa shape index (κ3) is 4.98. The highest BCUT2D eigenvalue weighted by atomic mass is 32.2. The zero-order chi connectivity index (χ0) is 14.3. The molecule has 0 fully saturated rings. The molecule has 1 heterocycles. The molecule has 0 spiro atoms. The standard InChI is InChI=1S/C13H19NO4S/c1-3-14(4-2)11(15)6-5-9-19-12-8-7-10(18-12)13(16)17/h7-8H,3-6,9H2,1-2H3,(H,16,17). The number of carboxylic acids is 1. The van der Waals surface area contributed by atoms with E-state index in [1.165, 1.54) is 17.8 Å². The Kier molecular flexibility index (Phi) is 6.49. The Morgan fingerprint density at radius 3 is 2.53 bits per heavy atom. The number of hydrogen-bond acceptors (Lipinski definition) is 4. The molecule has 0 aliphatic rings. The van der Waals surface area contributed by atoms with Gasteiger partial charge in [0.05, 0.1) is 0 Å².